The highest BCUT2D eigenvalue weighted by Gasteiger charge is 2.32. The monoisotopic (exact) mass is 361 g/mol. The minimum absolute atomic E-state index is 0.191. The van der Waals surface area contributed by atoms with Crippen LogP contribution in [0.4, 0.5) is 0 Å². The Balaban J connectivity index is 2.13. The zero-order chi connectivity index (χ0) is 19.4. The molecule has 7 nitrogen and oxygen atoms in total. The average molecular weight is 361 g/mol. The van der Waals surface area contributed by atoms with E-state index in [0.29, 0.717) is 6.54 Å². The van der Waals surface area contributed by atoms with Crippen molar-refractivity contribution in [1.82, 2.24) is 15.5 Å². The second-order valence-electron chi connectivity index (χ2n) is 7.07. The Morgan fingerprint density at radius 1 is 1.19 bits per heavy atom. The van der Waals surface area contributed by atoms with Crippen LogP contribution in [-0.4, -0.2) is 53.5 Å². The predicted molar refractivity (Wildman–Crippen MR) is 97.1 cm³/mol. The number of likely N-dealkylation sites (N-methyl/N-ethyl adjacent to an activating group) is 1. The maximum atomic E-state index is 12.7. The summed E-state index contributed by atoms with van der Waals surface area (Å²) in [5, 5.41) is 15.0. The number of benzene rings is 1. The van der Waals surface area contributed by atoms with Crippen LogP contribution in [0.25, 0.3) is 0 Å². The second kappa shape index (κ2) is 8.31. The molecule has 3 amide bonds. The second-order valence-corrected chi connectivity index (χ2v) is 7.07. The summed E-state index contributed by atoms with van der Waals surface area (Å²) < 4.78 is 0. The molecular weight excluding hydrogens is 334 g/mol. The number of nitrogens with one attached hydrogen (secondary N) is 2. The van der Waals surface area contributed by atoms with E-state index >= 15 is 0 Å². The molecule has 0 unspecified atom stereocenters. The normalized spacial score (nSPS) is 19.4. The minimum atomic E-state index is -1.18. The molecule has 0 saturated heterocycles. The summed E-state index contributed by atoms with van der Waals surface area (Å²) in [5.74, 6) is -1.52. The van der Waals surface area contributed by atoms with Crippen LogP contribution in [0.2, 0.25) is 0 Å². The number of hydrogen-bond acceptors (Lipinski definition) is 4. The molecule has 1 aliphatic heterocycles. The van der Waals surface area contributed by atoms with Gasteiger partial charge >= 0.3 is 0 Å². The molecule has 1 heterocycles. The van der Waals surface area contributed by atoms with Crippen LogP contribution in [-0.2, 0) is 20.8 Å². The van der Waals surface area contributed by atoms with Crippen molar-refractivity contribution >= 4 is 17.7 Å². The first-order valence-electron chi connectivity index (χ1n) is 8.84. The Labute approximate surface area is 153 Å². The number of amides is 3. The van der Waals surface area contributed by atoms with Gasteiger partial charge < -0.3 is 20.6 Å². The van der Waals surface area contributed by atoms with E-state index in [1.165, 1.54) is 6.92 Å². The van der Waals surface area contributed by atoms with Gasteiger partial charge in [0, 0.05) is 13.6 Å². The largest absolute Gasteiger partial charge is 0.383 e. The lowest BCUT2D eigenvalue weighted by Gasteiger charge is -2.24. The number of fused-ring (bicyclic) bond motifs is 1. The van der Waals surface area contributed by atoms with Crippen molar-refractivity contribution in [1.29, 1.82) is 0 Å². The van der Waals surface area contributed by atoms with E-state index in [1.807, 2.05) is 24.3 Å². The lowest BCUT2D eigenvalue weighted by Crippen LogP contribution is -2.51. The number of aliphatic hydroxyl groups is 1. The van der Waals surface area contributed by atoms with Crippen molar-refractivity contribution in [2.45, 2.75) is 45.4 Å². The molecule has 0 spiro atoms. The van der Waals surface area contributed by atoms with Crippen molar-refractivity contribution in [2.75, 3.05) is 13.6 Å². The zero-order valence-corrected chi connectivity index (χ0v) is 15.7. The molecule has 1 aromatic carbocycles. The molecule has 7 heteroatoms. The molecule has 3 N–H and O–H groups in total. The zero-order valence-electron chi connectivity index (χ0n) is 15.7. The van der Waals surface area contributed by atoms with Crippen LogP contribution in [0.5, 0.6) is 0 Å². The molecule has 0 aromatic heterocycles. The van der Waals surface area contributed by atoms with Crippen LogP contribution < -0.4 is 10.6 Å². The number of carbonyl (C=O) groups excluding carboxylic acids is 3. The van der Waals surface area contributed by atoms with Crippen LogP contribution in [0.15, 0.2) is 24.3 Å². The van der Waals surface area contributed by atoms with Gasteiger partial charge in [0.2, 0.25) is 17.7 Å². The Hall–Kier alpha value is -2.41. The minimum Gasteiger partial charge on any atom is -0.383 e. The Morgan fingerprint density at radius 2 is 1.85 bits per heavy atom. The molecule has 0 bridgehead atoms. The lowest BCUT2D eigenvalue weighted by atomic mass is 9.99. The first-order valence-corrected chi connectivity index (χ1v) is 8.84. The van der Waals surface area contributed by atoms with Gasteiger partial charge in [-0.15, -0.1) is 0 Å². The molecule has 0 aliphatic carbocycles. The van der Waals surface area contributed by atoms with E-state index in [1.54, 1.807) is 25.8 Å². The average Bonchev–Trinajstić information content (AvgIpc) is 2.73. The molecule has 0 fully saturated rings. The van der Waals surface area contributed by atoms with Crippen LogP contribution in [0.3, 0.4) is 0 Å². The van der Waals surface area contributed by atoms with Crippen molar-refractivity contribution in [3.05, 3.63) is 35.4 Å². The summed E-state index contributed by atoms with van der Waals surface area (Å²) in [4.78, 5) is 38.7. The standard InChI is InChI=1S/C19H27N3O4/c1-11(2)16(23)18(25)20-12(3)17(24)21-15-14-8-6-5-7-13(14)9-10-22(4)19(15)26/h5-8,11-12,15-16,23H,9-10H2,1-4H3,(H,20,25)(H,21,24)/t12-,15+,16+/m1/s1. The van der Waals surface area contributed by atoms with E-state index in [0.717, 1.165) is 17.5 Å². The SMILES string of the molecule is CC(C)[C@H](O)C(=O)N[C@H](C)C(=O)N[C@@H]1C(=O)N(C)CCc2ccccc21. The van der Waals surface area contributed by atoms with E-state index in [-0.39, 0.29) is 11.8 Å². The van der Waals surface area contributed by atoms with Crippen LogP contribution >= 0.6 is 0 Å². The Morgan fingerprint density at radius 3 is 2.50 bits per heavy atom. The van der Waals surface area contributed by atoms with Gasteiger partial charge in [-0.05, 0) is 30.4 Å². The fourth-order valence-corrected chi connectivity index (χ4v) is 2.87. The summed E-state index contributed by atoms with van der Waals surface area (Å²) in [6.45, 7) is 5.53. The molecule has 1 aromatic rings. The lowest BCUT2D eigenvalue weighted by molar-refractivity contribution is -0.137. The molecule has 142 valence electrons. The fourth-order valence-electron chi connectivity index (χ4n) is 2.87. The summed E-state index contributed by atoms with van der Waals surface area (Å²) >= 11 is 0. The van der Waals surface area contributed by atoms with Gasteiger partial charge in [0.05, 0.1) is 0 Å². The van der Waals surface area contributed by atoms with Gasteiger partial charge in [-0.3, -0.25) is 14.4 Å². The van der Waals surface area contributed by atoms with Gasteiger partial charge in [-0.2, -0.15) is 0 Å². The highest BCUT2D eigenvalue weighted by atomic mass is 16.3. The van der Waals surface area contributed by atoms with Crippen molar-refractivity contribution < 1.29 is 19.5 Å². The van der Waals surface area contributed by atoms with Crippen LogP contribution in [0, 0.1) is 5.92 Å². The van der Waals surface area contributed by atoms with E-state index in [9.17, 15) is 19.5 Å². The highest BCUT2D eigenvalue weighted by molar-refractivity contribution is 5.93. The number of aliphatic hydroxyl groups excluding tert-OH is 1. The Bertz CT molecular complexity index is 689. The number of nitrogens with zero attached hydrogens (tertiary/aromatic N) is 1. The third-order valence-corrected chi connectivity index (χ3v) is 4.64. The first-order chi connectivity index (χ1) is 12.2. The van der Waals surface area contributed by atoms with Crippen molar-refractivity contribution in [2.24, 2.45) is 5.92 Å². The maximum absolute atomic E-state index is 12.7. The molecular formula is C19H27N3O4. The van der Waals surface area contributed by atoms with Gasteiger partial charge in [0.1, 0.15) is 18.2 Å². The van der Waals surface area contributed by atoms with Gasteiger partial charge in [-0.25, -0.2) is 0 Å². The van der Waals surface area contributed by atoms with Gasteiger partial charge in [0.25, 0.3) is 0 Å². The maximum Gasteiger partial charge on any atom is 0.249 e. The number of rotatable bonds is 5. The van der Waals surface area contributed by atoms with E-state index < -0.39 is 30.0 Å². The van der Waals surface area contributed by atoms with E-state index in [4.69, 9.17) is 0 Å². The number of carbonyl (C=O) groups is 3. The molecule has 0 radical (unpaired) electrons. The Kier molecular flexibility index (Phi) is 6.37. The highest BCUT2D eigenvalue weighted by Crippen LogP contribution is 2.24. The summed E-state index contributed by atoms with van der Waals surface area (Å²) in [7, 11) is 1.71. The van der Waals surface area contributed by atoms with Gasteiger partial charge in [0.15, 0.2) is 0 Å². The third kappa shape index (κ3) is 4.40. The predicted octanol–water partition coefficient (Wildman–Crippen LogP) is 0.380. The van der Waals surface area contributed by atoms with E-state index in [2.05, 4.69) is 10.6 Å². The summed E-state index contributed by atoms with van der Waals surface area (Å²) in [6, 6.07) is 5.86. The molecule has 26 heavy (non-hydrogen) atoms. The molecule has 2 rings (SSSR count). The summed E-state index contributed by atoms with van der Waals surface area (Å²) in [5.41, 5.74) is 1.79. The fraction of sp³-hybridized carbons (Fsp3) is 0.526. The topological polar surface area (TPSA) is 98.7 Å². The van der Waals surface area contributed by atoms with Gasteiger partial charge in [-0.1, -0.05) is 38.1 Å². The first kappa shape index (κ1) is 19.9. The number of hydrogen-bond donors (Lipinski definition) is 3. The van der Waals surface area contributed by atoms with Crippen molar-refractivity contribution in [3.8, 4) is 0 Å². The quantitative estimate of drug-likeness (QED) is 0.706. The van der Waals surface area contributed by atoms with Crippen molar-refractivity contribution in [3.63, 3.8) is 0 Å². The molecule has 3 atom stereocenters. The molecule has 1 aliphatic rings. The molecule has 0 saturated carbocycles. The summed E-state index contributed by atoms with van der Waals surface area (Å²) in [6.07, 6.45) is -0.464. The van der Waals surface area contributed by atoms with Crippen LogP contribution in [0.1, 0.15) is 37.9 Å². The smallest absolute Gasteiger partial charge is 0.249 e. The third-order valence-electron chi connectivity index (χ3n) is 4.64.